The predicted molar refractivity (Wildman–Crippen MR) is 197 cm³/mol. The van der Waals surface area contributed by atoms with E-state index in [2.05, 4.69) is 64.4 Å². The Labute approximate surface area is 299 Å². The highest BCUT2D eigenvalue weighted by atomic mass is 16.2. The minimum atomic E-state index is -0.155. The largest absolute Gasteiger partial charge is 0.340 e. The molecule has 4 aliphatic heterocycles. The highest BCUT2D eigenvalue weighted by Crippen LogP contribution is 2.35. The third kappa shape index (κ3) is 6.83. The molecular weight excluding hydrogens is 640 g/mol. The van der Waals surface area contributed by atoms with Crippen molar-refractivity contribution in [2.24, 2.45) is 0 Å². The zero-order valence-corrected chi connectivity index (χ0v) is 29.6. The Morgan fingerprint density at radius 2 is 1.41 bits per heavy atom. The third-order valence-electron chi connectivity index (χ3n) is 10.8. The number of nitrogens with one attached hydrogen (secondary N) is 2. The second-order valence-electron chi connectivity index (χ2n) is 14.5. The third-order valence-corrected chi connectivity index (χ3v) is 10.8. The molecule has 4 amide bonds. The van der Waals surface area contributed by atoms with Gasteiger partial charge in [0.2, 0.25) is 0 Å². The van der Waals surface area contributed by atoms with Gasteiger partial charge in [0, 0.05) is 76.6 Å². The van der Waals surface area contributed by atoms with Crippen LogP contribution in [0.3, 0.4) is 0 Å². The summed E-state index contributed by atoms with van der Waals surface area (Å²) in [5.41, 5.74) is 6.54. The number of rotatable bonds is 3. The van der Waals surface area contributed by atoms with Crippen molar-refractivity contribution in [3.05, 3.63) is 83.6 Å². The Balaban J connectivity index is 0.927. The monoisotopic (exact) mass is 686 g/mol. The molecule has 0 bridgehead atoms. The fraction of sp³-hybridized carbons (Fsp3) is 0.436. The van der Waals surface area contributed by atoms with E-state index in [0.29, 0.717) is 13.0 Å². The molecule has 8 rings (SSSR count). The summed E-state index contributed by atoms with van der Waals surface area (Å²) in [4.78, 5) is 55.8. The summed E-state index contributed by atoms with van der Waals surface area (Å²) in [5.74, 6) is 8.24. The van der Waals surface area contributed by atoms with Gasteiger partial charge in [0.05, 0.1) is 35.0 Å². The highest BCUT2D eigenvalue weighted by molar-refractivity contribution is 5.79. The van der Waals surface area contributed by atoms with Crippen LogP contribution in [0.2, 0.25) is 0 Å². The molecule has 12 nitrogen and oxygen atoms in total. The van der Waals surface area contributed by atoms with Gasteiger partial charge in [0.1, 0.15) is 11.6 Å². The van der Waals surface area contributed by atoms with Gasteiger partial charge in [-0.15, -0.1) is 0 Å². The maximum Gasteiger partial charge on any atom is 0.321 e. The van der Waals surface area contributed by atoms with Gasteiger partial charge < -0.3 is 39.4 Å². The van der Waals surface area contributed by atoms with Crippen molar-refractivity contribution in [1.82, 2.24) is 49.3 Å². The van der Waals surface area contributed by atoms with Crippen LogP contribution < -0.4 is 0 Å². The SMILES string of the molecule is C=C1C[C@@H](c2nc3ccc(C#Cc4ccc(-c5cnc([C@@H]6CCCN6C(=O)N6CCN(C)CC6)[nH]5)cc4)cc3[nH]2)N(C(=O)N2CCN(C)CC2)C1. The van der Waals surface area contributed by atoms with Crippen LogP contribution in [0.1, 0.15) is 54.1 Å². The molecule has 51 heavy (non-hydrogen) atoms. The van der Waals surface area contributed by atoms with Crippen LogP contribution in [-0.2, 0) is 0 Å². The molecule has 4 aromatic rings. The molecule has 0 radical (unpaired) electrons. The number of urea groups is 2. The average molecular weight is 687 g/mol. The molecular formula is C39H46N10O2. The minimum Gasteiger partial charge on any atom is -0.340 e. The molecule has 2 aromatic heterocycles. The number of aromatic amines is 2. The number of piperazine rings is 2. The zero-order valence-electron chi connectivity index (χ0n) is 29.6. The Morgan fingerprint density at radius 1 is 0.765 bits per heavy atom. The number of carbonyl (C=O) groups is 2. The number of nitrogens with zero attached hydrogens (tertiary/aromatic N) is 8. The fourth-order valence-corrected chi connectivity index (χ4v) is 7.68. The van der Waals surface area contributed by atoms with Gasteiger partial charge in [-0.25, -0.2) is 19.6 Å². The summed E-state index contributed by atoms with van der Waals surface area (Å²) in [5, 5.41) is 0. The van der Waals surface area contributed by atoms with Gasteiger partial charge in [-0.05, 0) is 69.3 Å². The molecule has 6 heterocycles. The normalized spacial score (nSPS) is 21.8. The van der Waals surface area contributed by atoms with Crippen LogP contribution in [0, 0.1) is 11.8 Å². The molecule has 2 N–H and O–H groups in total. The van der Waals surface area contributed by atoms with Crippen molar-refractivity contribution >= 4 is 23.1 Å². The second-order valence-corrected chi connectivity index (χ2v) is 14.5. The number of likely N-dealkylation sites (tertiary alicyclic amines) is 2. The van der Waals surface area contributed by atoms with Crippen molar-refractivity contribution in [2.45, 2.75) is 31.3 Å². The van der Waals surface area contributed by atoms with Crippen LogP contribution in [0.5, 0.6) is 0 Å². The highest BCUT2D eigenvalue weighted by Gasteiger charge is 2.37. The lowest BCUT2D eigenvalue weighted by Crippen LogP contribution is -2.51. The Bertz CT molecular complexity index is 1990. The average Bonchev–Trinajstić information content (AvgIpc) is 3.97. The number of imidazole rings is 2. The van der Waals surface area contributed by atoms with Gasteiger partial charge in [0.25, 0.3) is 0 Å². The first-order valence-corrected chi connectivity index (χ1v) is 18.1. The molecule has 2 aromatic carbocycles. The number of benzene rings is 2. The van der Waals surface area contributed by atoms with E-state index >= 15 is 0 Å². The first-order valence-electron chi connectivity index (χ1n) is 18.1. The summed E-state index contributed by atoms with van der Waals surface area (Å²) < 4.78 is 0. The quantitative estimate of drug-likeness (QED) is 0.242. The van der Waals surface area contributed by atoms with E-state index in [0.717, 1.165) is 122 Å². The van der Waals surface area contributed by atoms with Crippen LogP contribution in [0.4, 0.5) is 9.59 Å². The molecule has 0 aliphatic carbocycles. The Hall–Kier alpha value is -5.12. The second kappa shape index (κ2) is 13.9. The van der Waals surface area contributed by atoms with E-state index in [1.54, 1.807) is 0 Å². The smallest absolute Gasteiger partial charge is 0.321 e. The van der Waals surface area contributed by atoms with E-state index in [-0.39, 0.29) is 24.1 Å². The molecule has 4 fully saturated rings. The van der Waals surface area contributed by atoms with Crippen molar-refractivity contribution in [3.63, 3.8) is 0 Å². The van der Waals surface area contributed by atoms with Gasteiger partial charge in [-0.1, -0.05) is 36.1 Å². The van der Waals surface area contributed by atoms with Crippen LogP contribution in [0.25, 0.3) is 22.3 Å². The summed E-state index contributed by atoms with van der Waals surface area (Å²) in [7, 11) is 4.19. The first-order chi connectivity index (χ1) is 24.8. The van der Waals surface area contributed by atoms with Gasteiger partial charge >= 0.3 is 12.1 Å². The maximum absolute atomic E-state index is 13.5. The molecule has 264 valence electrons. The van der Waals surface area contributed by atoms with Gasteiger partial charge in [-0.2, -0.15) is 0 Å². The molecule has 12 heteroatoms. The number of fused-ring (bicyclic) bond motifs is 1. The minimum absolute atomic E-state index is 0.0273. The molecule has 2 atom stereocenters. The number of H-pyrrole nitrogens is 2. The lowest BCUT2D eigenvalue weighted by atomic mass is 10.1. The molecule has 0 spiro atoms. The number of hydrogen-bond acceptors (Lipinski definition) is 6. The van der Waals surface area contributed by atoms with Crippen LogP contribution in [0.15, 0.2) is 60.8 Å². The number of amides is 4. The zero-order chi connectivity index (χ0) is 35.1. The summed E-state index contributed by atoms with van der Waals surface area (Å²) in [6.45, 7) is 12.1. The van der Waals surface area contributed by atoms with Crippen molar-refractivity contribution in [2.75, 3.05) is 79.5 Å². The van der Waals surface area contributed by atoms with E-state index in [1.165, 1.54) is 0 Å². The van der Waals surface area contributed by atoms with Gasteiger partial charge in [0.15, 0.2) is 0 Å². The first kappa shape index (κ1) is 33.0. The molecule has 0 unspecified atom stereocenters. The molecule has 0 saturated carbocycles. The Kier molecular flexibility index (Phi) is 9.00. The van der Waals surface area contributed by atoms with Crippen molar-refractivity contribution in [3.8, 4) is 23.1 Å². The van der Waals surface area contributed by atoms with Crippen LogP contribution >= 0.6 is 0 Å². The van der Waals surface area contributed by atoms with E-state index < -0.39 is 0 Å². The number of carbonyl (C=O) groups excluding carboxylic acids is 2. The van der Waals surface area contributed by atoms with Crippen molar-refractivity contribution in [1.29, 1.82) is 0 Å². The summed E-state index contributed by atoms with van der Waals surface area (Å²) in [6, 6.07) is 14.2. The topological polar surface area (TPSA) is 111 Å². The summed E-state index contributed by atoms with van der Waals surface area (Å²) in [6.07, 6.45) is 4.47. The molecule has 4 saturated heterocycles. The summed E-state index contributed by atoms with van der Waals surface area (Å²) >= 11 is 0. The standard InChI is InChI=1S/C39H46N10O2/c1-27-23-35(49(26-27)39(51)47-21-17-45(3)18-22-47)37-41-31-13-10-29(24-32(31)42-37)7-6-28-8-11-30(12-9-28)33-25-40-36(43-33)34-5-4-14-48(34)38(50)46-19-15-44(2)16-20-46/h8-13,24-25,34-35H,1,4-5,14-23,26H2,2-3H3,(H,40,43)(H,41,42)/t34-,35-/m0/s1. The molecule has 4 aliphatic rings. The van der Waals surface area contributed by atoms with Gasteiger partial charge in [-0.3, -0.25) is 0 Å². The van der Waals surface area contributed by atoms with E-state index in [4.69, 9.17) is 9.97 Å². The lowest BCUT2D eigenvalue weighted by Gasteiger charge is -2.36. The maximum atomic E-state index is 13.5. The number of aromatic nitrogens is 4. The predicted octanol–water partition coefficient (Wildman–Crippen LogP) is 4.53. The fourth-order valence-electron chi connectivity index (χ4n) is 7.68. The van der Waals surface area contributed by atoms with Crippen molar-refractivity contribution < 1.29 is 9.59 Å². The van der Waals surface area contributed by atoms with E-state index in [9.17, 15) is 9.59 Å². The number of hydrogen-bond donors (Lipinski definition) is 2. The lowest BCUT2D eigenvalue weighted by molar-refractivity contribution is 0.117. The number of likely N-dealkylation sites (N-methyl/N-ethyl adjacent to an activating group) is 2. The van der Waals surface area contributed by atoms with E-state index in [1.807, 2.05) is 56.1 Å². The Morgan fingerprint density at radius 3 is 2.12 bits per heavy atom. The van der Waals surface area contributed by atoms with Crippen LogP contribution in [-0.4, -0.2) is 141 Å².